The molecule has 1 heterocycles. The zero-order chi connectivity index (χ0) is 26.5. The van der Waals surface area contributed by atoms with E-state index in [1.54, 1.807) is 34.8 Å². The molecule has 1 amide bonds. The van der Waals surface area contributed by atoms with Gasteiger partial charge in [0.1, 0.15) is 5.03 Å². The number of ether oxygens (including phenoxy) is 1. The van der Waals surface area contributed by atoms with E-state index in [4.69, 9.17) is 4.74 Å². The average Bonchev–Trinajstić information content (AvgIpc) is 3.26. The number of carbonyl (C=O) groups excluding carboxylic acids is 1. The first kappa shape index (κ1) is 25.8. The van der Waals surface area contributed by atoms with E-state index in [0.717, 1.165) is 50.0 Å². The lowest BCUT2D eigenvalue weighted by molar-refractivity contribution is -0.261. The van der Waals surface area contributed by atoms with Gasteiger partial charge in [-0.3, -0.25) is 4.79 Å². The number of rotatable bonds is 8. The summed E-state index contributed by atoms with van der Waals surface area (Å²) >= 11 is 1.66. The van der Waals surface area contributed by atoms with Gasteiger partial charge in [0.15, 0.2) is 0 Å². The molecule has 38 heavy (non-hydrogen) atoms. The first-order valence-corrected chi connectivity index (χ1v) is 14.5. The van der Waals surface area contributed by atoms with Crippen LogP contribution in [-0.2, 0) is 4.74 Å². The smallest absolute Gasteiger partial charge is 0.345 e. The molecule has 2 unspecified atom stereocenters. The number of carboxylic acids is 1. The molecule has 2 N–H and O–H groups in total. The van der Waals surface area contributed by atoms with E-state index in [1.165, 1.54) is 18.6 Å². The molecular formula is C28H33F2N3O4S. The number of alkyl halides is 2. The highest BCUT2D eigenvalue weighted by atomic mass is 32.2. The fraction of sp³-hybridized carbons (Fsp3) is 0.607. The monoisotopic (exact) mass is 545 g/mol. The van der Waals surface area contributed by atoms with Gasteiger partial charge in [-0.15, -0.1) is 11.8 Å². The van der Waals surface area contributed by atoms with Crippen LogP contribution < -0.4 is 5.32 Å². The van der Waals surface area contributed by atoms with E-state index in [1.807, 2.05) is 0 Å². The molecule has 4 bridgehead atoms. The van der Waals surface area contributed by atoms with Crippen LogP contribution in [0.5, 0.6) is 0 Å². The molecule has 2 atom stereocenters. The molecular weight excluding hydrogens is 512 g/mol. The summed E-state index contributed by atoms with van der Waals surface area (Å²) in [4.78, 5) is 25.2. The van der Waals surface area contributed by atoms with Crippen LogP contribution in [0, 0.1) is 11.8 Å². The number of hydrogen-bond donors (Lipinski definition) is 2. The van der Waals surface area contributed by atoms with Crippen LogP contribution >= 0.6 is 11.8 Å². The molecule has 0 saturated heterocycles. The van der Waals surface area contributed by atoms with Gasteiger partial charge in [-0.05, 0) is 87.5 Å². The second kappa shape index (κ2) is 9.93. The minimum absolute atomic E-state index is 0.183. The number of nitrogens with one attached hydrogen (secondary N) is 1. The Morgan fingerprint density at radius 3 is 2.39 bits per heavy atom. The van der Waals surface area contributed by atoms with Crippen LogP contribution in [0.25, 0.3) is 5.69 Å². The summed E-state index contributed by atoms with van der Waals surface area (Å²) in [5.74, 6) is -0.673. The number of nitrogens with zero attached hydrogens (tertiary/aromatic N) is 2. The normalized spacial score (nSPS) is 30.6. The highest BCUT2D eigenvalue weighted by molar-refractivity contribution is 8.00. The fourth-order valence-electron chi connectivity index (χ4n) is 7.84. The molecule has 7 nitrogen and oxygen atoms in total. The van der Waals surface area contributed by atoms with Crippen molar-refractivity contribution in [2.75, 3.05) is 0 Å². The standard InChI is InChI=1S/C28H33F2N3O4S/c29-26(30)37-28-13-17-10-18(14-28)12-27(11-17,16-28)32-23(34)22-15-31-33(20-8-6-19(7-9-20)25(35)36)24(22)38-21-4-2-1-3-5-21/h6-9,15,17-18,21,26H,1-5,10-14,16H2,(H,32,34)(H,35,36). The van der Waals surface area contributed by atoms with Crippen LogP contribution in [0.15, 0.2) is 35.5 Å². The van der Waals surface area contributed by atoms with Gasteiger partial charge in [-0.25, -0.2) is 9.48 Å². The number of thioether (sulfide) groups is 1. The number of halogens is 2. The lowest BCUT2D eigenvalue weighted by Gasteiger charge is -2.61. The van der Waals surface area contributed by atoms with Gasteiger partial charge in [0.05, 0.1) is 28.6 Å². The zero-order valence-corrected chi connectivity index (χ0v) is 22.0. The number of carbonyl (C=O) groups is 2. The molecule has 5 aliphatic carbocycles. The molecule has 0 radical (unpaired) electrons. The third kappa shape index (κ3) is 4.97. The van der Waals surface area contributed by atoms with Crippen molar-refractivity contribution in [3.63, 3.8) is 0 Å². The van der Waals surface area contributed by atoms with Crippen molar-refractivity contribution in [1.82, 2.24) is 15.1 Å². The SMILES string of the molecule is O=C(O)c1ccc(-n2ncc(C(=O)NC34CC5CC(C3)CC(OC(F)F)(C5)C4)c2SC2CCCCC2)cc1. The van der Waals surface area contributed by atoms with Gasteiger partial charge >= 0.3 is 12.6 Å². The van der Waals surface area contributed by atoms with Crippen LogP contribution in [0.3, 0.4) is 0 Å². The van der Waals surface area contributed by atoms with Crippen molar-refractivity contribution in [2.45, 2.75) is 98.7 Å². The molecule has 1 aromatic carbocycles. The molecule has 5 saturated carbocycles. The van der Waals surface area contributed by atoms with Gasteiger partial charge < -0.3 is 15.2 Å². The lowest BCUT2D eigenvalue weighted by atomic mass is 9.51. The Kier molecular flexibility index (Phi) is 6.74. The molecule has 5 aliphatic rings. The zero-order valence-electron chi connectivity index (χ0n) is 21.2. The molecule has 0 aliphatic heterocycles. The van der Waals surface area contributed by atoms with Crippen molar-refractivity contribution in [3.8, 4) is 5.69 Å². The third-order valence-corrected chi connectivity index (χ3v) is 10.3. The number of benzene rings is 1. The Morgan fingerprint density at radius 2 is 1.76 bits per heavy atom. The highest BCUT2D eigenvalue weighted by Gasteiger charge is 2.59. The molecule has 204 valence electrons. The number of amides is 1. The molecule has 7 rings (SSSR count). The second-order valence-corrected chi connectivity index (χ2v) is 13.1. The van der Waals surface area contributed by atoms with Gasteiger partial charge in [0, 0.05) is 10.8 Å². The number of hydrogen-bond acceptors (Lipinski definition) is 5. The van der Waals surface area contributed by atoms with Crippen LogP contribution in [0.4, 0.5) is 8.78 Å². The maximum Gasteiger partial charge on any atom is 0.345 e. The van der Waals surface area contributed by atoms with Crippen molar-refractivity contribution in [3.05, 3.63) is 41.6 Å². The Labute approximate surface area is 224 Å². The Bertz CT molecular complexity index is 1190. The van der Waals surface area contributed by atoms with Gasteiger partial charge in [-0.1, -0.05) is 19.3 Å². The molecule has 10 heteroatoms. The van der Waals surface area contributed by atoms with E-state index in [9.17, 15) is 23.5 Å². The fourth-order valence-corrected chi connectivity index (χ4v) is 9.25. The lowest BCUT2D eigenvalue weighted by Crippen LogP contribution is -2.66. The van der Waals surface area contributed by atoms with Crippen LogP contribution in [-0.4, -0.2) is 49.8 Å². The minimum atomic E-state index is -2.82. The summed E-state index contributed by atoms with van der Waals surface area (Å²) in [6.07, 6.45) is 11.5. The quantitative estimate of drug-likeness (QED) is 0.419. The van der Waals surface area contributed by atoms with Gasteiger partial charge in [0.2, 0.25) is 0 Å². The first-order chi connectivity index (χ1) is 18.2. The van der Waals surface area contributed by atoms with E-state index in [-0.39, 0.29) is 23.3 Å². The van der Waals surface area contributed by atoms with E-state index < -0.39 is 23.7 Å². The van der Waals surface area contributed by atoms with Crippen molar-refractivity contribution >= 4 is 23.6 Å². The summed E-state index contributed by atoms with van der Waals surface area (Å²) in [6.45, 7) is -2.82. The molecule has 5 fully saturated rings. The van der Waals surface area contributed by atoms with E-state index in [2.05, 4.69) is 10.4 Å². The van der Waals surface area contributed by atoms with Crippen molar-refractivity contribution in [2.24, 2.45) is 11.8 Å². The predicted molar refractivity (Wildman–Crippen MR) is 138 cm³/mol. The largest absolute Gasteiger partial charge is 0.478 e. The number of aromatic carboxylic acids is 1. The summed E-state index contributed by atoms with van der Waals surface area (Å²) in [6, 6.07) is 6.47. The maximum atomic E-state index is 13.9. The van der Waals surface area contributed by atoms with E-state index >= 15 is 0 Å². The third-order valence-electron chi connectivity index (χ3n) is 8.88. The second-order valence-electron chi connectivity index (χ2n) is 11.8. The van der Waals surface area contributed by atoms with Crippen LogP contribution in [0.2, 0.25) is 0 Å². The number of carboxylic acid groups (broad SMARTS) is 1. The first-order valence-electron chi connectivity index (χ1n) is 13.6. The molecule has 1 aromatic heterocycles. The summed E-state index contributed by atoms with van der Waals surface area (Å²) in [5, 5.41) is 18.2. The highest BCUT2D eigenvalue weighted by Crippen LogP contribution is 2.59. The summed E-state index contributed by atoms with van der Waals surface area (Å²) < 4.78 is 33.6. The van der Waals surface area contributed by atoms with Crippen molar-refractivity contribution in [1.29, 1.82) is 0 Å². The Balaban J connectivity index is 1.30. The topological polar surface area (TPSA) is 93.5 Å². The molecule has 0 spiro atoms. The average molecular weight is 546 g/mol. The molecule has 2 aromatic rings. The predicted octanol–water partition coefficient (Wildman–Crippen LogP) is 6.06. The van der Waals surface area contributed by atoms with Crippen LogP contribution in [0.1, 0.15) is 91.3 Å². The van der Waals surface area contributed by atoms with Crippen molar-refractivity contribution < 1.29 is 28.2 Å². The van der Waals surface area contributed by atoms with Gasteiger partial charge in [0.25, 0.3) is 5.91 Å². The Hall–Kier alpha value is -2.46. The maximum absolute atomic E-state index is 13.9. The summed E-state index contributed by atoms with van der Waals surface area (Å²) in [5.41, 5.74) is -0.0639. The minimum Gasteiger partial charge on any atom is -0.478 e. The summed E-state index contributed by atoms with van der Waals surface area (Å²) in [7, 11) is 0. The van der Waals surface area contributed by atoms with E-state index in [0.29, 0.717) is 35.8 Å². The van der Waals surface area contributed by atoms with Gasteiger partial charge in [-0.2, -0.15) is 13.9 Å². The number of aromatic nitrogens is 2. The Morgan fingerprint density at radius 1 is 1.08 bits per heavy atom.